The van der Waals surface area contributed by atoms with Crippen LogP contribution in [-0.4, -0.2) is 41.9 Å². The molecule has 2 fully saturated rings. The first-order valence-electron chi connectivity index (χ1n) is 7.85. The molecule has 2 atom stereocenters. The quantitative estimate of drug-likeness (QED) is 0.680. The van der Waals surface area contributed by atoms with Gasteiger partial charge in [-0.1, -0.05) is 12.1 Å². The summed E-state index contributed by atoms with van der Waals surface area (Å²) in [5.41, 5.74) is 0.896. The first-order valence-corrected chi connectivity index (χ1v) is 7.85. The van der Waals surface area contributed by atoms with E-state index in [1.54, 1.807) is 12.1 Å². The van der Waals surface area contributed by atoms with Crippen LogP contribution in [0.1, 0.15) is 18.4 Å². The molecule has 0 unspecified atom stereocenters. The molecule has 1 aromatic carbocycles. The number of hydrogen-bond donors (Lipinski definition) is 1. The number of nitro benzene ring substituents is 1. The molecular formula is C16H21N3O3. The van der Waals surface area contributed by atoms with Crippen molar-refractivity contribution in [2.45, 2.75) is 19.3 Å². The standard InChI is InChI=1S/C16H21N3O3/c20-16(9-12-1-3-15(4-2-12)19(21)22)18-7-5-13-10-17-11-14(13)6-8-18/h1-4,13-14,17H,5-11H2/t13-,14+. The minimum Gasteiger partial charge on any atom is -0.342 e. The number of fused-ring (bicyclic) bond motifs is 1. The van der Waals surface area contributed by atoms with Gasteiger partial charge in [-0.05, 0) is 43.3 Å². The number of hydrogen-bond acceptors (Lipinski definition) is 4. The van der Waals surface area contributed by atoms with Crippen molar-refractivity contribution in [3.8, 4) is 0 Å². The van der Waals surface area contributed by atoms with Gasteiger partial charge in [0.15, 0.2) is 0 Å². The average molecular weight is 303 g/mol. The Balaban J connectivity index is 1.58. The van der Waals surface area contributed by atoms with E-state index in [2.05, 4.69) is 5.32 Å². The van der Waals surface area contributed by atoms with Gasteiger partial charge in [-0.3, -0.25) is 14.9 Å². The van der Waals surface area contributed by atoms with Crippen LogP contribution >= 0.6 is 0 Å². The van der Waals surface area contributed by atoms with Crippen LogP contribution < -0.4 is 5.32 Å². The highest BCUT2D eigenvalue weighted by molar-refractivity contribution is 5.78. The second-order valence-corrected chi connectivity index (χ2v) is 6.24. The molecule has 0 radical (unpaired) electrons. The maximum Gasteiger partial charge on any atom is 0.269 e. The number of carbonyl (C=O) groups excluding carboxylic acids is 1. The zero-order valence-electron chi connectivity index (χ0n) is 12.5. The van der Waals surface area contributed by atoms with Gasteiger partial charge in [0, 0.05) is 25.2 Å². The highest BCUT2D eigenvalue weighted by atomic mass is 16.6. The number of benzene rings is 1. The maximum absolute atomic E-state index is 12.4. The first kappa shape index (κ1) is 15.0. The van der Waals surface area contributed by atoms with Crippen molar-refractivity contribution in [3.63, 3.8) is 0 Å². The topological polar surface area (TPSA) is 75.5 Å². The van der Waals surface area contributed by atoms with Gasteiger partial charge in [-0.25, -0.2) is 0 Å². The van der Waals surface area contributed by atoms with Gasteiger partial charge in [0.05, 0.1) is 11.3 Å². The highest BCUT2D eigenvalue weighted by Crippen LogP contribution is 2.27. The first-order chi connectivity index (χ1) is 10.6. The minimum absolute atomic E-state index is 0.0614. The average Bonchev–Trinajstić information content (AvgIpc) is 2.86. The van der Waals surface area contributed by atoms with Gasteiger partial charge in [0.1, 0.15) is 0 Å². The summed E-state index contributed by atoms with van der Waals surface area (Å²) in [5.74, 6) is 1.54. The SMILES string of the molecule is O=C(Cc1ccc([N+](=O)[O-])cc1)N1CC[C@@H]2CNC[C@@H]2CC1. The molecule has 0 aliphatic carbocycles. The predicted octanol–water partition coefficient (Wildman–Crippen LogP) is 1.60. The zero-order chi connectivity index (χ0) is 15.5. The summed E-state index contributed by atoms with van der Waals surface area (Å²) in [6.07, 6.45) is 2.47. The molecule has 22 heavy (non-hydrogen) atoms. The van der Waals surface area contributed by atoms with Crippen LogP contribution in [0.2, 0.25) is 0 Å². The molecule has 0 aromatic heterocycles. The van der Waals surface area contributed by atoms with Crippen molar-refractivity contribution < 1.29 is 9.72 Å². The number of rotatable bonds is 3. The molecule has 1 amide bonds. The number of likely N-dealkylation sites (tertiary alicyclic amines) is 1. The maximum atomic E-state index is 12.4. The highest BCUT2D eigenvalue weighted by Gasteiger charge is 2.31. The number of non-ortho nitro benzene ring substituents is 1. The van der Waals surface area contributed by atoms with Crippen LogP contribution in [0.25, 0.3) is 0 Å². The fraction of sp³-hybridized carbons (Fsp3) is 0.562. The third-order valence-corrected chi connectivity index (χ3v) is 4.87. The number of nitrogens with one attached hydrogen (secondary N) is 1. The van der Waals surface area contributed by atoms with Crippen molar-refractivity contribution in [2.75, 3.05) is 26.2 Å². The smallest absolute Gasteiger partial charge is 0.269 e. The molecule has 1 N–H and O–H groups in total. The third kappa shape index (κ3) is 3.27. The Labute approximate surface area is 129 Å². The largest absolute Gasteiger partial charge is 0.342 e. The molecule has 1 aromatic rings. The fourth-order valence-electron chi connectivity index (χ4n) is 3.49. The van der Waals surface area contributed by atoms with Gasteiger partial charge in [0.2, 0.25) is 5.91 Å². The molecule has 0 spiro atoms. The minimum atomic E-state index is -0.423. The van der Waals surface area contributed by atoms with Crippen LogP contribution in [0, 0.1) is 22.0 Å². The summed E-state index contributed by atoms with van der Waals surface area (Å²) in [7, 11) is 0. The van der Waals surface area contributed by atoms with E-state index in [4.69, 9.17) is 0 Å². The Morgan fingerprint density at radius 1 is 1.18 bits per heavy atom. The lowest BCUT2D eigenvalue weighted by Gasteiger charge is -2.21. The summed E-state index contributed by atoms with van der Waals surface area (Å²) < 4.78 is 0. The van der Waals surface area contributed by atoms with Crippen LogP contribution in [0.5, 0.6) is 0 Å². The molecule has 6 nitrogen and oxygen atoms in total. The molecule has 2 aliphatic rings. The Morgan fingerprint density at radius 3 is 2.32 bits per heavy atom. The summed E-state index contributed by atoms with van der Waals surface area (Å²) in [4.78, 5) is 24.6. The molecule has 118 valence electrons. The lowest BCUT2D eigenvalue weighted by atomic mass is 9.92. The zero-order valence-corrected chi connectivity index (χ0v) is 12.5. The molecule has 2 heterocycles. The van der Waals surface area contributed by atoms with Gasteiger partial charge in [0.25, 0.3) is 5.69 Å². The van der Waals surface area contributed by atoms with E-state index in [1.165, 1.54) is 12.1 Å². The molecule has 3 rings (SSSR count). The lowest BCUT2D eigenvalue weighted by molar-refractivity contribution is -0.384. The normalized spacial score (nSPS) is 24.6. The Hall–Kier alpha value is -1.95. The molecular weight excluding hydrogens is 282 g/mol. The van der Waals surface area contributed by atoms with E-state index in [0.29, 0.717) is 18.3 Å². The van der Waals surface area contributed by atoms with Crippen molar-refractivity contribution in [1.29, 1.82) is 0 Å². The summed E-state index contributed by atoms with van der Waals surface area (Å²) in [6, 6.07) is 6.27. The van der Waals surface area contributed by atoms with Gasteiger partial charge in [-0.2, -0.15) is 0 Å². The summed E-state index contributed by atoms with van der Waals surface area (Å²) in [5, 5.41) is 14.1. The van der Waals surface area contributed by atoms with Crippen molar-refractivity contribution in [1.82, 2.24) is 10.2 Å². The fourth-order valence-corrected chi connectivity index (χ4v) is 3.49. The number of amides is 1. The van der Waals surface area contributed by atoms with Crippen molar-refractivity contribution in [2.24, 2.45) is 11.8 Å². The van der Waals surface area contributed by atoms with Crippen molar-refractivity contribution >= 4 is 11.6 Å². The Kier molecular flexibility index (Phi) is 4.38. The molecule has 0 saturated carbocycles. The van der Waals surface area contributed by atoms with E-state index in [9.17, 15) is 14.9 Å². The Morgan fingerprint density at radius 2 is 1.77 bits per heavy atom. The Bertz CT molecular complexity index is 544. The van der Waals surface area contributed by atoms with Gasteiger partial charge in [-0.15, -0.1) is 0 Å². The number of nitrogens with zero attached hydrogens (tertiary/aromatic N) is 2. The molecule has 0 bridgehead atoms. The van der Waals surface area contributed by atoms with Gasteiger partial charge < -0.3 is 10.2 Å². The second-order valence-electron chi connectivity index (χ2n) is 6.24. The third-order valence-electron chi connectivity index (χ3n) is 4.87. The number of nitro groups is 1. The van der Waals surface area contributed by atoms with Gasteiger partial charge >= 0.3 is 0 Å². The van der Waals surface area contributed by atoms with Crippen LogP contribution in [0.3, 0.4) is 0 Å². The summed E-state index contributed by atoms with van der Waals surface area (Å²) in [6.45, 7) is 3.81. The van der Waals surface area contributed by atoms with E-state index in [0.717, 1.165) is 44.6 Å². The molecule has 2 aliphatic heterocycles. The second kappa shape index (κ2) is 6.44. The lowest BCUT2D eigenvalue weighted by Crippen LogP contribution is -2.33. The molecule has 6 heteroatoms. The number of carbonyl (C=O) groups is 1. The van der Waals surface area contributed by atoms with E-state index >= 15 is 0 Å². The van der Waals surface area contributed by atoms with E-state index in [1.807, 2.05) is 4.90 Å². The van der Waals surface area contributed by atoms with Crippen LogP contribution in [-0.2, 0) is 11.2 Å². The predicted molar refractivity (Wildman–Crippen MR) is 82.5 cm³/mol. The van der Waals surface area contributed by atoms with Crippen LogP contribution in [0.15, 0.2) is 24.3 Å². The van der Waals surface area contributed by atoms with Crippen LogP contribution in [0.4, 0.5) is 5.69 Å². The summed E-state index contributed by atoms with van der Waals surface area (Å²) >= 11 is 0. The monoisotopic (exact) mass is 303 g/mol. The van der Waals surface area contributed by atoms with E-state index in [-0.39, 0.29) is 11.6 Å². The van der Waals surface area contributed by atoms with E-state index < -0.39 is 4.92 Å². The van der Waals surface area contributed by atoms with Crippen molar-refractivity contribution in [3.05, 3.63) is 39.9 Å². The molecule has 2 saturated heterocycles.